The first-order valence-electron chi connectivity index (χ1n) is 13.5. The second kappa shape index (κ2) is 10.4. The Labute approximate surface area is 227 Å². The summed E-state index contributed by atoms with van der Waals surface area (Å²) in [4.78, 5) is 7.52. The zero-order valence-corrected chi connectivity index (χ0v) is 23.7. The molecule has 3 heterocycles. The third-order valence-corrected chi connectivity index (χ3v) is 8.57. The minimum Gasteiger partial charge on any atom is -0.497 e. The fourth-order valence-corrected chi connectivity index (χ4v) is 6.73. The van der Waals surface area contributed by atoms with Crippen molar-refractivity contribution in [1.82, 2.24) is 14.7 Å². The minimum absolute atomic E-state index is 0.0535. The summed E-state index contributed by atoms with van der Waals surface area (Å²) in [6.45, 7) is 13.7. The summed E-state index contributed by atoms with van der Waals surface area (Å²) >= 11 is 0. The molecule has 5 rings (SSSR count). The number of likely N-dealkylation sites (N-methyl/N-ethyl adjacent to an activating group) is 1. The average Bonchev–Trinajstić information content (AvgIpc) is 3.03. The molecule has 0 saturated carbocycles. The Morgan fingerprint density at radius 1 is 0.895 bits per heavy atom. The van der Waals surface area contributed by atoms with E-state index in [1.54, 1.807) is 28.4 Å². The predicted octanol–water partition coefficient (Wildman–Crippen LogP) is 5.37. The van der Waals surface area contributed by atoms with Crippen molar-refractivity contribution in [2.45, 2.75) is 51.2 Å². The third-order valence-electron chi connectivity index (χ3n) is 8.57. The second-order valence-corrected chi connectivity index (χ2v) is 10.5. The van der Waals surface area contributed by atoms with E-state index >= 15 is 0 Å². The van der Waals surface area contributed by atoms with Gasteiger partial charge in [0.15, 0.2) is 0 Å². The SMILES string of the molecule is C=C1N2Cc3cc(OC)cc(OC)c3[C@@H](C)C=C2C2(CCN(Cc3cc(OC)cc(OC)c3)CC2)N1CC. The van der Waals surface area contributed by atoms with Gasteiger partial charge in [0.25, 0.3) is 0 Å². The zero-order chi connectivity index (χ0) is 27.0. The van der Waals surface area contributed by atoms with E-state index < -0.39 is 0 Å². The average molecular weight is 520 g/mol. The van der Waals surface area contributed by atoms with Crippen LogP contribution in [-0.2, 0) is 13.1 Å². The number of piperidine rings is 1. The quantitative estimate of drug-likeness (QED) is 0.488. The molecule has 0 amide bonds. The maximum absolute atomic E-state index is 5.83. The molecule has 0 aromatic heterocycles. The van der Waals surface area contributed by atoms with E-state index in [4.69, 9.17) is 18.9 Å². The number of rotatable bonds is 7. The number of nitrogens with zero attached hydrogens (tertiary/aromatic N) is 3. The number of allylic oxidation sites excluding steroid dienone is 1. The number of likely N-dealkylation sites (tertiary alicyclic amines) is 1. The number of fused-ring (bicyclic) bond motifs is 3. The molecule has 0 bridgehead atoms. The summed E-state index contributed by atoms with van der Waals surface area (Å²) in [5.41, 5.74) is 5.02. The van der Waals surface area contributed by atoms with Gasteiger partial charge in [0.1, 0.15) is 28.8 Å². The van der Waals surface area contributed by atoms with Gasteiger partial charge in [-0.2, -0.15) is 0 Å². The lowest BCUT2D eigenvalue weighted by Crippen LogP contribution is -2.52. The van der Waals surface area contributed by atoms with E-state index in [0.717, 1.165) is 74.4 Å². The predicted molar refractivity (Wildman–Crippen MR) is 150 cm³/mol. The van der Waals surface area contributed by atoms with Gasteiger partial charge in [-0.25, -0.2) is 0 Å². The maximum Gasteiger partial charge on any atom is 0.126 e. The van der Waals surface area contributed by atoms with E-state index in [9.17, 15) is 0 Å². The summed E-state index contributed by atoms with van der Waals surface area (Å²) in [6, 6.07) is 10.3. The van der Waals surface area contributed by atoms with Gasteiger partial charge in [-0.3, -0.25) is 4.90 Å². The molecule has 2 aromatic rings. The van der Waals surface area contributed by atoms with E-state index in [2.05, 4.69) is 59.4 Å². The van der Waals surface area contributed by atoms with E-state index in [1.807, 2.05) is 12.1 Å². The van der Waals surface area contributed by atoms with Crippen LogP contribution in [0.25, 0.3) is 0 Å². The molecule has 7 nitrogen and oxygen atoms in total. The zero-order valence-electron chi connectivity index (χ0n) is 23.7. The summed E-state index contributed by atoms with van der Waals surface area (Å²) < 4.78 is 22.4. The van der Waals surface area contributed by atoms with Crippen LogP contribution in [0.5, 0.6) is 23.0 Å². The highest BCUT2D eigenvalue weighted by atomic mass is 16.5. The molecule has 0 aliphatic carbocycles. The third kappa shape index (κ3) is 4.37. The molecule has 2 saturated heterocycles. The van der Waals surface area contributed by atoms with Crippen molar-refractivity contribution in [2.24, 2.45) is 0 Å². The lowest BCUT2D eigenvalue weighted by Gasteiger charge is -2.45. The molecule has 204 valence electrons. The molecule has 7 heteroatoms. The first-order valence-corrected chi connectivity index (χ1v) is 13.5. The Hall–Kier alpha value is -3.32. The summed E-state index contributed by atoms with van der Waals surface area (Å²) in [5, 5.41) is 0. The Kier molecular flexibility index (Phi) is 7.23. The number of benzene rings is 2. The lowest BCUT2D eigenvalue weighted by atomic mass is 9.82. The smallest absolute Gasteiger partial charge is 0.126 e. The van der Waals surface area contributed by atoms with Crippen LogP contribution in [0.2, 0.25) is 0 Å². The second-order valence-electron chi connectivity index (χ2n) is 10.5. The van der Waals surface area contributed by atoms with Gasteiger partial charge in [-0.15, -0.1) is 0 Å². The monoisotopic (exact) mass is 519 g/mol. The topological polar surface area (TPSA) is 46.6 Å². The Morgan fingerprint density at radius 2 is 1.53 bits per heavy atom. The molecule has 1 atom stereocenters. The Balaban J connectivity index is 1.43. The van der Waals surface area contributed by atoms with Gasteiger partial charge in [0.05, 0.1) is 34.0 Å². The normalized spacial score (nSPS) is 20.5. The lowest BCUT2D eigenvalue weighted by molar-refractivity contribution is 0.0890. The molecular weight excluding hydrogens is 478 g/mol. The van der Waals surface area contributed by atoms with E-state index in [-0.39, 0.29) is 11.5 Å². The maximum atomic E-state index is 5.83. The van der Waals surface area contributed by atoms with Crippen LogP contribution in [0.1, 0.15) is 49.3 Å². The van der Waals surface area contributed by atoms with Crippen molar-refractivity contribution in [2.75, 3.05) is 48.1 Å². The van der Waals surface area contributed by atoms with Gasteiger partial charge in [-0.05, 0) is 49.1 Å². The van der Waals surface area contributed by atoms with Crippen molar-refractivity contribution in [3.05, 3.63) is 71.2 Å². The van der Waals surface area contributed by atoms with Crippen LogP contribution in [0.4, 0.5) is 0 Å². The van der Waals surface area contributed by atoms with Gasteiger partial charge < -0.3 is 28.7 Å². The first-order chi connectivity index (χ1) is 18.4. The van der Waals surface area contributed by atoms with Crippen LogP contribution in [0.15, 0.2) is 54.5 Å². The largest absolute Gasteiger partial charge is 0.497 e. The van der Waals surface area contributed by atoms with Crippen LogP contribution in [0, 0.1) is 0 Å². The number of hydrogen-bond donors (Lipinski definition) is 0. The van der Waals surface area contributed by atoms with Crippen LogP contribution < -0.4 is 18.9 Å². The van der Waals surface area contributed by atoms with Crippen molar-refractivity contribution in [3.63, 3.8) is 0 Å². The van der Waals surface area contributed by atoms with Crippen LogP contribution >= 0.6 is 0 Å². The summed E-state index contributed by atoms with van der Waals surface area (Å²) in [6.07, 6.45) is 4.56. The molecule has 0 N–H and O–H groups in total. The summed E-state index contributed by atoms with van der Waals surface area (Å²) in [7, 11) is 6.86. The van der Waals surface area contributed by atoms with Crippen LogP contribution in [0.3, 0.4) is 0 Å². The Morgan fingerprint density at radius 3 is 2.11 bits per heavy atom. The van der Waals surface area contributed by atoms with E-state index in [0.29, 0.717) is 0 Å². The standard InChI is InChI=1S/C31H41N3O4/c1-8-34-22(3)33-20-24-16-27(37-6)18-28(38-7)30(24)21(2)13-29(33)31(34)9-11-32(12-10-31)19-23-14-25(35-4)17-26(15-23)36-5/h13-18,21H,3,8-12,19-20H2,1-2,4-7H3/t21-/m0/s1. The fourth-order valence-electron chi connectivity index (χ4n) is 6.73. The molecule has 2 aromatic carbocycles. The Bertz CT molecular complexity index is 1210. The minimum atomic E-state index is -0.0535. The molecule has 0 unspecified atom stereocenters. The fraction of sp³-hybridized carbons (Fsp3) is 0.484. The molecule has 38 heavy (non-hydrogen) atoms. The van der Waals surface area contributed by atoms with E-state index in [1.165, 1.54) is 22.4 Å². The molecule has 3 aliphatic rings. The van der Waals surface area contributed by atoms with Gasteiger partial charge in [0.2, 0.25) is 0 Å². The number of ether oxygens (including phenoxy) is 4. The molecular formula is C31H41N3O4. The molecule has 1 spiro atoms. The van der Waals surface area contributed by atoms with Gasteiger partial charge in [0, 0.05) is 62.0 Å². The van der Waals surface area contributed by atoms with Crippen molar-refractivity contribution < 1.29 is 18.9 Å². The van der Waals surface area contributed by atoms with Gasteiger partial charge in [-0.1, -0.05) is 19.6 Å². The number of hydrogen-bond acceptors (Lipinski definition) is 7. The molecule has 0 radical (unpaired) electrons. The van der Waals surface area contributed by atoms with Gasteiger partial charge >= 0.3 is 0 Å². The summed E-state index contributed by atoms with van der Waals surface area (Å²) in [5.74, 6) is 4.68. The highest BCUT2D eigenvalue weighted by Crippen LogP contribution is 2.51. The molecule has 2 fully saturated rings. The molecule has 3 aliphatic heterocycles. The highest BCUT2D eigenvalue weighted by Gasteiger charge is 2.52. The number of methoxy groups -OCH3 is 4. The van der Waals surface area contributed by atoms with Crippen molar-refractivity contribution in [3.8, 4) is 23.0 Å². The highest BCUT2D eigenvalue weighted by molar-refractivity contribution is 5.53. The van der Waals surface area contributed by atoms with Crippen molar-refractivity contribution in [1.29, 1.82) is 0 Å². The van der Waals surface area contributed by atoms with Crippen molar-refractivity contribution >= 4 is 0 Å². The first kappa shape index (κ1) is 26.3. The van der Waals surface area contributed by atoms with Crippen LogP contribution in [-0.4, -0.2) is 68.3 Å².